The molecule has 144 heavy (non-hydrogen) atoms. The van der Waals surface area contributed by atoms with Gasteiger partial charge in [-0.25, -0.2) is 0 Å². The van der Waals surface area contributed by atoms with Gasteiger partial charge in [0, 0.05) is 143 Å². The first kappa shape index (κ1) is 84.0. The molecule has 28 aromatic rings. The number of pyridine rings is 4. The van der Waals surface area contributed by atoms with Gasteiger partial charge < -0.3 is 18.9 Å². The fourth-order valence-electron chi connectivity index (χ4n) is 22.6. The van der Waals surface area contributed by atoms with Crippen molar-refractivity contribution < 1.29 is 0 Å². The van der Waals surface area contributed by atoms with Gasteiger partial charge in [0.15, 0.2) is 0 Å². The summed E-state index contributed by atoms with van der Waals surface area (Å²) in [7, 11) is 0. The predicted octanol–water partition coefficient (Wildman–Crippen LogP) is 36.6. The van der Waals surface area contributed by atoms with Gasteiger partial charge in [-0.15, -0.1) is 0 Å². The van der Waals surface area contributed by atoms with Crippen molar-refractivity contribution in [2.24, 2.45) is 0 Å². The van der Waals surface area contributed by atoms with Crippen LogP contribution in [0, 0.1) is 0 Å². The lowest BCUT2D eigenvalue weighted by Crippen LogP contribution is -2.11. The SMILES string of the molecule is c1ccc(N(c2ccc3c(-c4ccccc4-c4ccc5ccncc5c4)c4ccccc4c(-c4ccccc4-c4ccc5ccncc5c4)c3c2)c2ccc3c(c2)c2ccccc2n3-c2ccccc2)cc1.c1ccc(N(c2ccc3c(c2)c2ccccc2n3-c2ccccc2)c2cccc3c(-c4ccccc4-c4ccc5ccncc5c4)c4ccccc4c(-c4ccccc4-c4ccc5ccncc5c4)c23)cc1. The molecule has 0 fully saturated rings. The Balaban J connectivity index is 0.000000143. The van der Waals surface area contributed by atoms with E-state index in [-0.39, 0.29) is 0 Å². The summed E-state index contributed by atoms with van der Waals surface area (Å²) in [5.74, 6) is 0. The van der Waals surface area contributed by atoms with Crippen molar-refractivity contribution in [3.63, 3.8) is 0 Å². The average molecular weight is 1830 g/mol. The van der Waals surface area contributed by atoms with Crippen molar-refractivity contribution in [2.75, 3.05) is 9.80 Å². The molecule has 6 heterocycles. The van der Waals surface area contributed by atoms with E-state index in [1.807, 2.05) is 49.6 Å². The molecule has 0 spiro atoms. The fraction of sp³-hybridized carbons (Fsp3) is 0. The van der Waals surface area contributed by atoms with E-state index in [1.54, 1.807) is 0 Å². The molecule has 28 rings (SSSR count). The molecule has 0 aliphatic carbocycles. The number of fused-ring (bicyclic) bond motifs is 14. The minimum absolute atomic E-state index is 1.06. The number of aromatic nitrogens is 6. The summed E-state index contributed by atoms with van der Waals surface area (Å²) in [6, 6.07) is 178. The van der Waals surface area contributed by atoms with Crippen LogP contribution in [0.25, 0.3) is 230 Å². The van der Waals surface area contributed by atoms with Crippen LogP contribution in [0.5, 0.6) is 0 Å². The highest BCUT2D eigenvalue weighted by molar-refractivity contribution is 6.29. The second-order valence-electron chi connectivity index (χ2n) is 37.1. The molecular weight excluding hydrogens is 1750 g/mol. The number of hydrogen-bond acceptors (Lipinski definition) is 6. The summed E-state index contributed by atoms with van der Waals surface area (Å²) in [5.41, 5.74) is 32.1. The molecule has 0 radical (unpaired) electrons. The van der Waals surface area contributed by atoms with E-state index in [0.29, 0.717) is 0 Å². The van der Waals surface area contributed by atoms with Crippen molar-refractivity contribution >= 4 is 164 Å². The second-order valence-corrected chi connectivity index (χ2v) is 37.1. The Bertz CT molecular complexity index is 9800. The van der Waals surface area contributed by atoms with Crippen LogP contribution in [0.4, 0.5) is 34.1 Å². The van der Waals surface area contributed by atoms with E-state index in [2.05, 4.69) is 524 Å². The lowest BCUT2D eigenvalue weighted by molar-refractivity contribution is 1.18. The van der Waals surface area contributed by atoms with Gasteiger partial charge >= 0.3 is 0 Å². The van der Waals surface area contributed by atoms with E-state index < -0.39 is 0 Å². The summed E-state index contributed by atoms with van der Waals surface area (Å²) in [4.78, 5) is 22.9. The van der Waals surface area contributed by atoms with Crippen molar-refractivity contribution in [1.29, 1.82) is 0 Å². The Labute approximate surface area is 832 Å². The van der Waals surface area contributed by atoms with Crippen LogP contribution >= 0.6 is 0 Å². The van der Waals surface area contributed by atoms with Crippen LogP contribution in [0.15, 0.2) is 535 Å². The first-order valence-electron chi connectivity index (χ1n) is 49.1. The van der Waals surface area contributed by atoms with E-state index in [0.717, 1.165) is 127 Å². The summed E-state index contributed by atoms with van der Waals surface area (Å²) in [6.07, 6.45) is 15.3. The van der Waals surface area contributed by atoms with Crippen LogP contribution in [0.1, 0.15) is 0 Å². The molecule has 0 N–H and O–H groups in total. The standard InChI is InChI=1S/2C68H44N4/c1-3-16-51(17-4-1)71(53-34-35-64-62(42-53)56-22-13-14-28-63(56)72(64)52-18-5-2-6-19-52)65-29-15-27-61-66(57-23-9-7-20-54(57)47-32-30-45-36-38-69-43-49(45)40-47)59-25-11-12-26-60(59)67(68(61)65)58-24-10-8-21-55(58)48-33-31-46-37-39-70-44-50(46)41-48;1-3-15-51(16-4-1)71(54-32-34-66-63(41-54)57-21-13-14-26-65(57)72(66)52-17-5-2-6-18-52)53-31-33-62-64(42-53)68(59-23-10-8-20-56(59)48-30-28-46-36-38-70-44-50(46)40-48)61-25-12-11-24-60(61)67(62)58-22-9-7-19-55(58)47-29-27-45-35-37-69-43-49(45)39-47/h2*1-44H. The van der Waals surface area contributed by atoms with Crippen molar-refractivity contribution in [1.82, 2.24) is 29.1 Å². The summed E-state index contributed by atoms with van der Waals surface area (Å²) in [5, 5.41) is 23.3. The zero-order chi connectivity index (χ0) is 95.1. The maximum absolute atomic E-state index is 4.52. The molecule has 0 atom stereocenters. The Morgan fingerprint density at radius 1 is 0.160 bits per heavy atom. The van der Waals surface area contributed by atoms with E-state index in [4.69, 9.17) is 0 Å². The third-order valence-corrected chi connectivity index (χ3v) is 29.0. The van der Waals surface area contributed by atoms with E-state index in [9.17, 15) is 0 Å². The molecule has 8 heteroatoms. The Kier molecular flexibility index (Phi) is 20.8. The van der Waals surface area contributed by atoms with Crippen molar-refractivity contribution in [3.05, 3.63) is 535 Å². The largest absolute Gasteiger partial charge is 0.310 e. The van der Waals surface area contributed by atoms with Crippen LogP contribution < -0.4 is 9.80 Å². The number of para-hydroxylation sites is 6. The van der Waals surface area contributed by atoms with Gasteiger partial charge in [0.25, 0.3) is 0 Å². The van der Waals surface area contributed by atoms with Gasteiger partial charge in [-0.3, -0.25) is 19.9 Å². The van der Waals surface area contributed by atoms with Crippen LogP contribution in [0.3, 0.4) is 0 Å². The van der Waals surface area contributed by atoms with Gasteiger partial charge in [0.2, 0.25) is 0 Å². The lowest BCUT2D eigenvalue weighted by Gasteiger charge is -2.30. The highest BCUT2D eigenvalue weighted by atomic mass is 15.2. The lowest BCUT2D eigenvalue weighted by atomic mass is 9.81. The first-order valence-corrected chi connectivity index (χ1v) is 49.1. The maximum atomic E-state index is 4.52. The number of nitrogens with zero attached hydrogens (tertiary/aromatic N) is 8. The molecule has 0 aliphatic rings. The smallest absolute Gasteiger partial charge is 0.0546 e. The zero-order valence-corrected chi connectivity index (χ0v) is 78.4. The molecule has 6 aromatic heterocycles. The third kappa shape index (κ3) is 14.5. The summed E-state index contributed by atoms with van der Waals surface area (Å²) >= 11 is 0. The van der Waals surface area contributed by atoms with Gasteiger partial charge in [0.1, 0.15) is 0 Å². The molecule has 0 amide bonds. The average Bonchev–Trinajstić information content (AvgIpc) is 1.41. The molecule has 0 saturated carbocycles. The Morgan fingerprint density at radius 3 is 0.847 bits per heavy atom. The summed E-state index contributed by atoms with van der Waals surface area (Å²) in [6.45, 7) is 0. The van der Waals surface area contributed by atoms with E-state index in [1.165, 1.54) is 137 Å². The molecule has 0 aliphatic heterocycles. The molecule has 0 saturated heterocycles. The van der Waals surface area contributed by atoms with Gasteiger partial charge in [0.05, 0.1) is 27.8 Å². The van der Waals surface area contributed by atoms with E-state index >= 15 is 0 Å². The maximum Gasteiger partial charge on any atom is 0.0546 e. The van der Waals surface area contributed by atoms with Crippen LogP contribution in [-0.2, 0) is 0 Å². The highest BCUT2D eigenvalue weighted by Crippen LogP contribution is 2.56. The fourth-order valence-corrected chi connectivity index (χ4v) is 22.6. The topological polar surface area (TPSA) is 67.9 Å². The number of anilines is 6. The van der Waals surface area contributed by atoms with Crippen molar-refractivity contribution in [3.8, 4) is 100 Å². The first-order chi connectivity index (χ1) is 71.5. The quantitative estimate of drug-likeness (QED) is 0.0898. The monoisotopic (exact) mass is 1830 g/mol. The highest BCUT2D eigenvalue weighted by Gasteiger charge is 2.30. The normalized spacial score (nSPS) is 11.6. The molecule has 672 valence electrons. The van der Waals surface area contributed by atoms with Gasteiger partial charge in [-0.05, 0) is 306 Å². The minimum atomic E-state index is 1.06. The van der Waals surface area contributed by atoms with Crippen LogP contribution in [-0.4, -0.2) is 29.1 Å². The molecule has 22 aromatic carbocycles. The summed E-state index contributed by atoms with van der Waals surface area (Å²) < 4.78 is 4.77. The number of hydrogen-bond donors (Lipinski definition) is 0. The molecule has 0 bridgehead atoms. The molecular formula is C136H88N8. The predicted molar refractivity (Wildman–Crippen MR) is 606 cm³/mol. The third-order valence-electron chi connectivity index (χ3n) is 29.0. The Hall–Kier alpha value is -19.3. The van der Waals surface area contributed by atoms with Crippen molar-refractivity contribution in [2.45, 2.75) is 0 Å². The number of benzene rings is 22. The van der Waals surface area contributed by atoms with Gasteiger partial charge in [-0.1, -0.05) is 322 Å². The molecule has 8 nitrogen and oxygen atoms in total. The number of rotatable bonds is 16. The zero-order valence-electron chi connectivity index (χ0n) is 78.4. The van der Waals surface area contributed by atoms with Gasteiger partial charge in [-0.2, -0.15) is 0 Å². The Morgan fingerprint density at radius 2 is 0.444 bits per heavy atom. The minimum Gasteiger partial charge on any atom is -0.310 e. The molecule has 0 unspecified atom stereocenters. The second kappa shape index (κ2) is 35.6. The van der Waals surface area contributed by atoms with Crippen LogP contribution in [0.2, 0.25) is 0 Å².